The van der Waals surface area contributed by atoms with Crippen molar-refractivity contribution in [3.05, 3.63) is 29.3 Å². The molecule has 1 fully saturated rings. The summed E-state index contributed by atoms with van der Waals surface area (Å²) in [5.41, 5.74) is 3.03. The number of piperidine rings is 1. The Morgan fingerprint density at radius 1 is 1.24 bits per heavy atom. The number of carbonyl (C=O) groups excluding carboxylic acids is 1. The first-order valence-corrected chi connectivity index (χ1v) is 7.22. The molecule has 5 nitrogen and oxygen atoms in total. The van der Waals surface area contributed by atoms with E-state index < -0.39 is 11.9 Å². The van der Waals surface area contributed by atoms with Crippen molar-refractivity contribution in [1.29, 1.82) is 0 Å². The minimum Gasteiger partial charge on any atom is -0.481 e. The molecule has 2 atom stereocenters. The van der Waals surface area contributed by atoms with Crippen LogP contribution in [0.3, 0.4) is 0 Å². The molecule has 114 valence electrons. The van der Waals surface area contributed by atoms with Crippen molar-refractivity contribution in [2.45, 2.75) is 27.2 Å². The third kappa shape index (κ3) is 3.74. The lowest BCUT2D eigenvalue weighted by molar-refractivity contribution is -0.143. The fourth-order valence-electron chi connectivity index (χ4n) is 2.72. The fourth-order valence-corrected chi connectivity index (χ4v) is 2.72. The summed E-state index contributed by atoms with van der Waals surface area (Å²) in [7, 11) is 0. The van der Waals surface area contributed by atoms with E-state index in [9.17, 15) is 9.59 Å². The maximum absolute atomic E-state index is 12.3. The first-order valence-electron chi connectivity index (χ1n) is 7.22. The van der Waals surface area contributed by atoms with Crippen molar-refractivity contribution in [1.82, 2.24) is 4.90 Å². The molecule has 1 aromatic carbocycles. The van der Waals surface area contributed by atoms with Gasteiger partial charge in [0.2, 0.25) is 0 Å². The zero-order chi connectivity index (χ0) is 15.6. The fraction of sp³-hybridized carbons (Fsp3) is 0.500. The second kappa shape index (κ2) is 6.16. The number of carbonyl (C=O) groups is 2. The van der Waals surface area contributed by atoms with E-state index in [1.807, 2.05) is 39.0 Å². The Morgan fingerprint density at radius 3 is 2.57 bits per heavy atom. The number of nitrogens with one attached hydrogen (secondary N) is 1. The molecule has 0 aromatic heterocycles. The first kappa shape index (κ1) is 15.4. The van der Waals surface area contributed by atoms with Crippen LogP contribution in [0.2, 0.25) is 0 Å². The number of benzene rings is 1. The summed E-state index contributed by atoms with van der Waals surface area (Å²) in [4.78, 5) is 25.0. The molecule has 2 rings (SSSR count). The molecule has 1 aliphatic heterocycles. The molecule has 0 saturated carbocycles. The highest BCUT2D eigenvalue weighted by atomic mass is 16.4. The summed E-state index contributed by atoms with van der Waals surface area (Å²) in [5.74, 6) is -1.10. The zero-order valence-corrected chi connectivity index (χ0v) is 12.7. The van der Waals surface area contributed by atoms with Crippen LogP contribution in [-0.4, -0.2) is 35.1 Å². The van der Waals surface area contributed by atoms with Crippen molar-refractivity contribution in [2.24, 2.45) is 11.8 Å². The molecule has 1 aromatic rings. The number of carboxylic acid groups (broad SMARTS) is 1. The summed E-state index contributed by atoms with van der Waals surface area (Å²) in [6.07, 6.45) is 0.628. The molecular formula is C16H22N2O3. The molecule has 0 bridgehead atoms. The lowest BCUT2D eigenvalue weighted by Gasteiger charge is -2.34. The van der Waals surface area contributed by atoms with Crippen molar-refractivity contribution >= 4 is 17.7 Å². The van der Waals surface area contributed by atoms with Gasteiger partial charge in [0.05, 0.1) is 5.92 Å². The predicted molar refractivity (Wildman–Crippen MR) is 81.4 cm³/mol. The maximum atomic E-state index is 12.3. The van der Waals surface area contributed by atoms with Crippen LogP contribution >= 0.6 is 0 Å². The first-order chi connectivity index (χ1) is 9.86. The van der Waals surface area contributed by atoms with E-state index in [2.05, 4.69) is 5.32 Å². The number of likely N-dealkylation sites (tertiary alicyclic amines) is 1. The Bertz CT molecular complexity index is 556. The molecule has 2 unspecified atom stereocenters. The third-order valence-corrected chi connectivity index (χ3v) is 4.05. The lowest BCUT2D eigenvalue weighted by Crippen LogP contribution is -2.47. The number of carboxylic acids is 1. The normalized spacial score (nSPS) is 22.0. The van der Waals surface area contributed by atoms with Crippen LogP contribution in [0.5, 0.6) is 0 Å². The Labute approximate surface area is 125 Å². The summed E-state index contributed by atoms with van der Waals surface area (Å²) >= 11 is 0. The molecule has 0 radical (unpaired) electrons. The lowest BCUT2D eigenvalue weighted by atomic mass is 9.91. The number of hydrogen-bond donors (Lipinski definition) is 2. The highest BCUT2D eigenvalue weighted by Crippen LogP contribution is 2.23. The predicted octanol–water partition coefficient (Wildman–Crippen LogP) is 2.88. The Balaban J connectivity index is 2.05. The Kier molecular flexibility index (Phi) is 4.50. The van der Waals surface area contributed by atoms with E-state index in [0.29, 0.717) is 13.0 Å². The smallest absolute Gasteiger partial charge is 0.321 e. The van der Waals surface area contributed by atoms with Gasteiger partial charge in [-0.15, -0.1) is 0 Å². The van der Waals surface area contributed by atoms with Crippen LogP contribution in [0.25, 0.3) is 0 Å². The number of aliphatic carboxylic acids is 1. The molecule has 0 aliphatic carbocycles. The van der Waals surface area contributed by atoms with Gasteiger partial charge in [-0.25, -0.2) is 4.79 Å². The van der Waals surface area contributed by atoms with E-state index in [1.165, 1.54) is 5.56 Å². The van der Waals surface area contributed by atoms with Gasteiger partial charge in [0.25, 0.3) is 0 Å². The van der Waals surface area contributed by atoms with Crippen LogP contribution in [0, 0.1) is 25.7 Å². The Morgan fingerprint density at radius 2 is 1.95 bits per heavy atom. The second-order valence-electron chi connectivity index (χ2n) is 6.01. The van der Waals surface area contributed by atoms with Crippen LogP contribution in [0.15, 0.2) is 18.2 Å². The standard InChI is InChI=1S/C16H22N2O3/c1-10-6-13(15(19)20)9-18(8-10)16(21)17-14-5-4-11(2)12(3)7-14/h4-5,7,10,13H,6,8-9H2,1-3H3,(H,17,21)(H,19,20). The van der Waals surface area contributed by atoms with Crippen LogP contribution in [0.4, 0.5) is 10.5 Å². The summed E-state index contributed by atoms with van der Waals surface area (Å²) in [5, 5.41) is 12.0. The van der Waals surface area contributed by atoms with Gasteiger partial charge in [-0.05, 0) is 49.4 Å². The number of urea groups is 1. The van der Waals surface area contributed by atoms with Crippen molar-refractivity contribution in [2.75, 3.05) is 18.4 Å². The van der Waals surface area contributed by atoms with Crippen LogP contribution in [-0.2, 0) is 4.79 Å². The molecule has 21 heavy (non-hydrogen) atoms. The van der Waals surface area contributed by atoms with Gasteiger partial charge in [0, 0.05) is 18.8 Å². The summed E-state index contributed by atoms with van der Waals surface area (Å²) < 4.78 is 0. The maximum Gasteiger partial charge on any atom is 0.321 e. The summed E-state index contributed by atoms with van der Waals surface area (Å²) in [6.45, 7) is 6.86. The number of nitrogens with zero attached hydrogens (tertiary/aromatic N) is 1. The molecule has 2 N–H and O–H groups in total. The molecule has 1 heterocycles. The highest BCUT2D eigenvalue weighted by molar-refractivity contribution is 5.90. The largest absolute Gasteiger partial charge is 0.481 e. The second-order valence-corrected chi connectivity index (χ2v) is 6.01. The van der Waals surface area contributed by atoms with Gasteiger partial charge >= 0.3 is 12.0 Å². The van der Waals surface area contributed by atoms with E-state index in [0.717, 1.165) is 11.3 Å². The molecular weight excluding hydrogens is 268 g/mol. The van der Waals surface area contributed by atoms with Gasteiger partial charge < -0.3 is 15.3 Å². The van der Waals surface area contributed by atoms with Gasteiger partial charge in [0.15, 0.2) is 0 Å². The van der Waals surface area contributed by atoms with E-state index in [4.69, 9.17) is 5.11 Å². The minimum atomic E-state index is -0.828. The van der Waals surface area contributed by atoms with E-state index in [1.54, 1.807) is 4.90 Å². The number of anilines is 1. The molecule has 1 aliphatic rings. The molecule has 1 saturated heterocycles. The van der Waals surface area contributed by atoms with Crippen molar-refractivity contribution < 1.29 is 14.7 Å². The van der Waals surface area contributed by atoms with Crippen LogP contribution < -0.4 is 5.32 Å². The zero-order valence-electron chi connectivity index (χ0n) is 12.7. The molecule has 0 spiro atoms. The number of aryl methyl sites for hydroxylation is 2. The Hall–Kier alpha value is -2.04. The number of amides is 2. The van der Waals surface area contributed by atoms with Crippen molar-refractivity contribution in [3.63, 3.8) is 0 Å². The monoisotopic (exact) mass is 290 g/mol. The average molecular weight is 290 g/mol. The minimum absolute atomic E-state index is 0.199. The average Bonchev–Trinajstić information content (AvgIpc) is 2.42. The number of hydrogen-bond acceptors (Lipinski definition) is 2. The third-order valence-electron chi connectivity index (χ3n) is 4.05. The van der Waals surface area contributed by atoms with Gasteiger partial charge in [-0.1, -0.05) is 13.0 Å². The summed E-state index contributed by atoms with van der Waals surface area (Å²) in [6, 6.07) is 5.53. The molecule has 5 heteroatoms. The number of rotatable bonds is 2. The van der Waals surface area contributed by atoms with Gasteiger partial charge in [-0.2, -0.15) is 0 Å². The quantitative estimate of drug-likeness (QED) is 0.880. The van der Waals surface area contributed by atoms with Gasteiger partial charge in [0.1, 0.15) is 0 Å². The van der Waals surface area contributed by atoms with Crippen molar-refractivity contribution in [3.8, 4) is 0 Å². The molecule has 2 amide bonds. The highest BCUT2D eigenvalue weighted by Gasteiger charge is 2.31. The van der Waals surface area contributed by atoms with Crippen LogP contribution in [0.1, 0.15) is 24.5 Å². The van der Waals surface area contributed by atoms with E-state index >= 15 is 0 Å². The van der Waals surface area contributed by atoms with E-state index in [-0.39, 0.29) is 18.5 Å². The topological polar surface area (TPSA) is 69.6 Å². The SMILES string of the molecule is Cc1ccc(NC(=O)N2CC(C)CC(C(=O)O)C2)cc1C. The van der Waals surface area contributed by atoms with Gasteiger partial charge in [-0.3, -0.25) is 4.79 Å².